The van der Waals surface area contributed by atoms with Crippen molar-refractivity contribution in [2.75, 3.05) is 10.6 Å². The molecule has 3 aromatic rings. The van der Waals surface area contributed by atoms with Crippen molar-refractivity contribution < 1.29 is 4.74 Å². The van der Waals surface area contributed by atoms with Crippen molar-refractivity contribution in [1.29, 1.82) is 0 Å². The lowest BCUT2D eigenvalue weighted by atomic mass is 10.2. The number of nitrogens with one attached hydrogen (secondary N) is 2. The molecule has 5 nitrogen and oxygen atoms in total. The maximum atomic E-state index is 6.18. The van der Waals surface area contributed by atoms with Crippen LogP contribution >= 0.6 is 11.6 Å². The number of hydrogen-bond donors (Lipinski definition) is 2. The van der Waals surface area contributed by atoms with Gasteiger partial charge in [0.1, 0.15) is 11.6 Å². The highest BCUT2D eigenvalue weighted by molar-refractivity contribution is 6.31. The van der Waals surface area contributed by atoms with E-state index >= 15 is 0 Å². The largest absolute Gasteiger partial charge is 0.491 e. The molecule has 26 heavy (non-hydrogen) atoms. The number of anilines is 3. The number of aromatic nitrogens is 2. The van der Waals surface area contributed by atoms with Crippen LogP contribution in [-0.2, 0) is 6.54 Å². The Kier molecular flexibility index (Phi) is 5.92. The van der Waals surface area contributed by atoms with E-state index in [4.69, 9.17) is 16.3 Å². The van der Waals surface area contributed by atoms with Gasteiger partial charge in [-0.3, -0.25) is 0 Å². The molecule has 1 aromatic heterocycles. The summed E-state index contributed by atoms with van der Waals surface area (Å²) in [6.07, 6.45) is 1.86. The molecule has 0 fully saturated rings. The third-order valence-electron chi connectivity index (χ3n) is 3.56. The van der Waals surface area contributed by atoms with Crippen LogP contribution in [0.5, 0.6) is 5.75 Å². The molecule has 0 aliphatic rings. The average molecular weight is 369 g/mol. The summed E-state index contributed by atoms with van der Waals surface area (Å²) in [5.74, 6) is 2.08. The lowest BCUT2D eigenvalue weighted by Crippen LogP contribution is -2.06. The van der Waals surface area contributed by atoms with Crippen LogP contribution in [-0.4, -0.2) is 16.1 Å². The van der Waals surface area contributed by atoms with Crippen molar-refractivity contribution >= 4 is 29.1 Å². The van der Waals surface area contributed by atoms with Crippen molar-refractivity contribution in [3.63, 3.8) is 0 Å². The maximum absolute atomic E-state index is 6.18. The van der Waals surface area contributed by atoms with E-state index in [9.17, 15) is 0 Å². The highest BCUT2D eigenvalue weighted by Gasteiger charge is 2.03. The zero-order valence-corrected chi connectivity index (χ0v) is 15.5. The molecule has 0 atom stereocenters. The van der Waals surface area contributed by atoms with Gasteiger partial charge in [-0.1, -0.05) is 29.8 Å². The third-order valence-corrected chi connectivity index (χ3v) is 3.92. The molecule has 134 valence electrons. The van der Waals surface area contributed by atoms with Crippen LogP contribution in [0.1, 0.15) is 19.4 Å². The van der Waals surface area contributed by atoms with E-state index in [0.29, 0.717) is 12.5 Å². The summed E-state index contributed by atoms with van der Waals surface area (Å²) < 4.78 is 5.64. The number of rotatable bonds is 7. The second-order valence-corrected chi connectivity index (χ2v) is 6.43. The molecule has 0 amide bonds. The van der Waals surface area contributed by atoms with Gasteiger partial charge in [0.2, 0.25) is 5.95 Å². The summed E-state index contributed by atoms with van der Waals surface area (Å²) in [6.45, 7) is 4.60. The molecule has 0 aliphatic heterocycles. The molecule has 0 saturated carbocycles. The van der Waals surface area contributed by atoms with Crippen molar-refractivity contribution in [2.24, 2.45) is 0 Å². The van der Waals surface area contributed by atoms with Gasteiger partial charge in [-0.15, -0.1) is 0 Å². The highest BCUT2D eigenvalue weighted by Crippen LogP contribution is 2.20. The molecule has 0 spiro atoms. The first-order valence-corrected chi connectivity index (χ1v) is 8.82. The molecule has 3 rings (SSSR count). The molecular weight excluding hydrogens is 348 g/mol. The van der Waals surface area contributed by atoms with Gasteiger partial charge in [0.25, 0.3) is 0 Å². The molecule has 2 N–H and O–H groups in total. The minimum Gasteiger partial charge on any atom is -0.491 e. The monoisotopic (exact) mass is 368 g/mol. The van der Waals surface area contributed by atoms with Gasteiger partial charge in [0, 0.05) is 23.5 Å². The fraction of sp³-hybridized carbons (Fsp3) is 0.200. The molecule has 0 unspecified atom stereocenters. The smallest absolute Gasteiger partial charge is 0.229 e. The van der Waals surface area contributed by atoms with Crippen LogP contribution in [0.3, 0.4) is 0 Å². The topological polar surface area (TPSA) is 59.1 Å². The van der Waals surface area contributed by atoms with Gasteiger partial charge in [-0.2, -0.15) is 4.98 Å². The third kappa shape index (κ3) is 5.10. The van der Waals surface area contributed by atoms with Crippen LogP contribution < -0.4 is 15.4 Å². The number of ether oxygens (including phenoxy) is 1. The Morgan fingerprint density at radius 1 is 1.04 bits per heavy atom. The first-order valence-electron chi connectivity index (χ1n) is 8.44. The molecular formula is C20H21ClN4O. The standard InChI is InChI=1S/C20H21ClN4O/c1-14(2)26-17-9-7-16(8-10-17)24-20-22-12-11-19(25-20)23-13-15-5-3-4-6-18(15)21/h3-12,14H,13H2,1-2H3,(H2,22,23,24,25). The summed E-state index contributed by atoms with van der Waals surface area (Å²) in [4.78, 5) is 8.73. The Hall–Kier alpha value is -2.79. The van der Waals surface area contributed by atoms with Crippen molar-refractivity contribution in [3.05, 3.63) is 71.4 Å². The van der Waals surface area contributed by atoms with Crippen LogP contribution in [0.15, 0.2) is 60.8 Å². The Labute approximate surface area is 158 Å². The molecule has 1 heterocycles. The van der Waals surface area contributed by atoms with E-state index in [2.05, 4.69) is 20.6 Å². The number of nitrogens with zero attached hydrogens (tertiary/aromatic N) is 2. The summed E-state index contributed by atoms with van der Waals surface area (Å²) in [6, 6.07) is 17.3. The summed E-state index contributed by atoms with van der Waals surface area (Å²) in [5.41, 5.74) is 1.91. The normalized spacial score (nSPS) is 10.6. The fourth-order valence-electron chi connectivity index (χ4n) is 2.36. The molecule has 0 saturated heterocycles. The number of halogens is 1. The van der Waals surface area contributed by atoms with Gasteiger partial charge >= 0.3 is 0 Å². The number of hydrogen-bond acceptors (Lipinski definition) is 5. The zero-order valence-electron chi connectivity index (χ0n) is 14.7. The predicted molar refractivity (Wildman–Crippen MR) is 106 cm³/mol. The van der Waals surface area contributed by atoms with Gasteiger partial charge in [0.05, 0.1) is 6.10 Å². The van der Waals surface area contributed by atoms with Gasteiger partial charge < -0.3 is 15.4 Å². The molecule has 0 radical (unpaired) electrons. The predicted octanol–water partition coefficient (Wildman–Crippen LogP) is 5.27. The van der Waals surface area contributed by atoms with E-state index in [0.717, 1.165) is 27.8 Å². The second-order valence-electron chi connectivity index (χ2n) is 6.03. The first-order chi connectivity index (χ1) is 12.6. The van der Waals surface area contributed by atoms with Crippen LogP contribution in [0.2, 0.25) is 5.02 Å². The first kappa shape index (κ1) is 18.0. The summed E-state index contributed by atoms with van der Waals surface area (Å²) in [7, 11) is 0. The second kappa shape index (κ2) is 8.54. The van der Waals surface area contributed by atoms with E-state index in [-0.39, 0.29) is 6.10 Å². The van der Waals surface area contributed by atoms with Gasteiger partial charge in [-0.05, 0) is 55.8 Å². The van der Waals surface area contributed by atoms with Crippen LogP contribution in [0.25, 0.3) is 0 Å². The van der Waals surface area contributed by atoms with Gasteiger partial charge in [-0.25, -0.2) is 4.98 Å². The van der Waals surface area contributed by atoms with Crippen molar-refractivity contribution in [2.45, 2.75) is 26.5 Å². The van der Waals surface area contributed by atoms with E-state index in [1.807, 2.05) is 68.4 Å². The Bertz CT molecular complexity index is 852. The van der Waals surface area contributed by atoms with E-state index in [1.165, 1.54) is 0 Å². The molecule has 0 aliphatic carbocycles. The lowest BCUT2D eigenvalue weighted by Gasteiger charge is -2.11. The van der Waals surface area contributed by atoms with Gasteiger partial charge in [0.15, 0.2) is 0 Å². The minimum absolute atomic E-state index is 0.151. The maximum Gasteiger partial charge on any atom is 0.229 e. The number of benzene rings is 2. The van der Waals surface area contributed by atoms with Crippen LogP contribution in [0, 0.1) is 0 Å². The quantitative estimate of drug-likeness (QED) is 0.594. The molecule has 0 bridgehead atoms. The Morgan fingerprint density at radius 2 is 1.81 bits per heavy atom. The average Bonchev–Trinajstić information content (AvgIpc) is 2.63. The Balaban J connectivity index is 1.63. The minimum atomic E-state index is 0.151. The van der Waals surface area contributed by atoms with Crippen molar-refractivity contribution in [1.82, 2.24) is 9.97 Å². The zero-order chi connectivity index (χ0) is 18.4. The Morgan fingerprint density at radius 3 is 2.54 bits per heavy atom. The fourth-order valence-corrected chi connectivity index (χ4v) is 2.57. The highest BCUT2D eigenvalue weighted by atomic mass is 35.5. The molecule has 6 heteroatoms. The molecule has 2 aromatic carbocycles. The van der Waals surface area contributed by atoms with Crippen molar-refractivity contribution in [3.8, 4) is 5.75 Å². The van der Waals surface area contributed by atoms with E-state index in [1.54, 1.807) is 6.20 Å². The lowest BCUT2D eigenvalue weighted by molar-refractivity contribution is 0.242. The van der Waals surface area contributed by atoms with E-state index < -0.39 is 0 Å². The SMILES string of the molecule is CC(C)Oc1ccc(Nc2nccc(NCc3ccccc3Cl)n2)cc1. The summed E-state index contributed by atoms with van der Waals surface area (Å²) in [5, 5.41) is 7.19. The van der Waals surface area contributed by atoms with Crippen LogP contribution in [0.4, 0.5) is 17.5 Å². The summed E-state index contributed by atoms with van der Waals surface area (Å²) >= 11 is 6.18.